The van der Waals surface area contributed by atoms with E-state index in [9.17, 15) is 10.2 Å². The Bertz CT molecular complexity index is 1700. The van der Waals surface area contributed by atoms with E-state index in [2.05, 4.69) is 32.3 Å². The van der Waals surface area contributed by atoms with Gasteiger partial charge in [-0.1, -0.05) is 63.8 Å². The van der Waals surface area contributed by atoms with Gasteiger partial charge in [-0.15, -0.1) is 0 Å². The molecule has 0 unspecified atom stereocenters. The zero-order valence-electron chi connectivity index (χ0n) is 21.4. The molecule has 2 aromatic carbocycles. The fourth-order valence-corrected chi connectivity index (χ4v) is 4.51. The van der Waals surface area contributed by atoms with Crippen LogP contribution in [-0.4, -0.2) is 25.2 Å². The molecule has 2 N–H and O–H groups in total. The zero-order valence-corrected chi connectivity index (χ0v) is 21.4. The van der Waals surface area contributed by atoms with Crippen LogP contribution >= 0.6 is 0 Å². The van der Waals surface area contributed by atoms with E-state index in [1.54, 1.807) is 12.3 Å². The Hall–Kier alpha value is -4.51. The molecule has 0 amide bonds. The summed E-state index contributed by atoms with van der Waals surface area (Å²) in [6.45, 7) is 11.9. The second kappa shape index (κ2) is 9.17. The molecule has 5 nitrogen and oxygen atoms in total. The lowest BCUT2D eigenvalue weighted by Crippen LogP contribution is -2.11. The van der Waals surface area contributed by atoms with E-state index < -0.39 is 0 Å². The summed E-state index contributed by atoms with van der Waals surface area (Å²) < 4.78 is 0. The van der Waals surface area contributed by atoms with Gasteiger partial charge in [-0.3, -0.25) is 4.98 Å². The number of aliphatic hydroxyl groups excluding tert-OH is 1. The van der Waals surface area contributed by atoms with E-state index in [0.29, 0.717) is 39.3 Å². The van der Waals surface area contributed by atoms with E-state index in [-0.39, 0.29) is 16.9 Å². The van der Waals surface area contributed by atoms with Crippen molar-refractivity contribution >= 4 is 27.4 Å². The molecule has 5 rings (SSSR count). The summed E-state index contributed by atoms with van der Waals surface area (Å²) in [6.07, 6.45) is 3.51. The molecule has 0 atom stereocenters. The summed E-state index contributed by atoms with van der Waals surface area (Å²) in [7, 11) is 0. The molecular formula is C32H29N3O2. The first-order chi connectivity index (χ1) is 17.7. The Morgan fingerprint density at radius 3 is 2.05 bits per heavy atom. The van der Waals surface area contributed by atoms with Gasteiger partial charge in [0, 0.05) is 33.7 Å². The molecule has 0 saturated carbocycles. The lowest BCUT2D eigenvalue weighted by atomic mass is 9.83. The van der Waals surface area contributed by atoms with Gasteiger partial charge in [0.05, 0.1) is 28.1 Å². The van der Waals surface area contributed by atoms with Crippen LogP contribution in [0.2, 0.25) is 0 Å². The number of phenols is 1. The van der Waals surface area contributed by atoms with Gasteiger partial charge in [0.15, 0.2) is 0 Å². The molecule has 0 bridgehead atoms. The smallest absolute Gasteiger partial charge is 0.134 e. The van der Waals surface area contributed by atoms with Crippen molar-refractivity contribution in [1.29, 1.82) is 0 Å². The van der Waals surface area contributed by atoms with Crippen LogP contribution < -0.4 is 0 Å². The lowest BCUT2D eigenvalue weighted by molar-refractivity contribution is 0.440. The summed E-state index contributed by atoms with van der Waals surface area (Å²) in [5, 5.41) is 23.3. The predicted molar refractivity (Wildman–Crippen MR) is 151 cm³/mol. The number of phenolic OH excluding ortho intramolecular Hbond substituents is 1. The normalized spacial score (nSPS) is 12.3. The molecule has 37 heavy (non-hydrogen) atoms. The minimum atomic E-state index is -0.151. The standard InChI is InChI=1S/C32H29N3O2/c1-6-23(19(2)36)27-14-12-20-10-11-21-13-15-28(35-30(21)29(20)34-27)25-18-22(32(3,4)5)17-24(31(25)37)26-9-7-8-16-33-26/h6-18,36-37H,2H2,1,3-5H3/b23-6+. The number of nitrogens with zero attached hydrogens (tertiary/aromatic N) is 3. The molecule has 0 aliphatic heterocycles. The van der Waals surface area contributed by atoms with Gasteiger partial charge in [-0.05, 0) is 54.3 Å². The predicted octanol–water partition coefficient (Wildman–Crippen LogP) is 7.99. The number of hydrogen-bond acceptors (Lipinski definition) is 5. The molecule has 3 aromatic heterocycles. The lowest BCUT2D eigenvalue weighted by Gasteiger charge is -2.22. The average molecular weight is 488 g/mol. The van der Waals surface area contributed by atoms with Crippen molar-refractivity contribution in [3.63, 3.8) is 0 Å². The molecule has 0 saturated heterocycles. The van der Waals surface area contributed by atoms with E-state index in [1.165, 1.54) is 0 Å². The third-order valence-corrected chi connectivity index (χ3v) is 6.59. The highest BCUT2D eigenvalue weighted by Crippen LogP contribution is 2.41. The van der Waals surface area contributed by atoms with Crippen LogP contribution in [0.3, 0.4) is 0 Å². The summed E-state index contributed by atoms with van der Waals surface area (Å²) in [4.78, 5) is 14.4. The quantitative estimate of drug-likeness (QED) is 0.153. The summed E-state index contributed by atoms with van der Waals surface area (Å²) in [5.74, 6) is 0.106. The van der Waals surface area contributed by atoms with Crippen molar-refractivity contribution in [1.82, 2.24) is 15.0 Å². The minimum absolute atomic E-state index is 0.0331. The number of allylic oxidation sites excluding steroid dienone is 2. The number of rotatable bonds is 4. The van der Waals surface area contributed by atoms with Crippen molar-refractivity contribution < 1.29 is 10.2 Å². The summed E-state index contributed by atoms with van der Waals surface area (Å²) in [6, 6.07) is 21.5. The second-order valence-corrected chi connectivity index (χ2v) is 10.1. The van der Waals surface area contributed by atoms with Crippen LogP contribution in [0.1, 0.15) is 39.0 Å². The molecule has 0 aliphatic carbocycles. The van der Waals surface area contributed by atoms with Gasteiger partial charge in [0.1, 0.15) is 11.5 Å². The van der Waals surface area contributed by atoms with Gasteiger partial charge >= 0.3 is 0 Å². The highest BCUT2D eigenvalue weighted by atomic mass is 16.3. The Balaban J connectivity index is 1.78. The monoisotopic (exact) mass is 487 g/mol. The van der Waals surface area contributed by atoms with E-state index in [4.69, 9.17) is 9.97 Å². The van der Waals surface area contributed by atoms with Crippen molar-refractivity contribution in [3.8, 4) is 28.3 Å². The number of aromatic hydroxyl groups is 1. The molecule has 3 heterocycles. The highest BCUT2D eigenvalue weighted by molar-refractivity contribution is 6.04. The van der Waals surface area contributed by atoms with E-state index >= 15 is 0 Å². The Morgan fingerprint density at radius 1 is 0.838 bits per heavy atom. The van der Waals surface area contributed by atoms with Crippen molar-refractivity contribution in [2.24, 2.45) is 0 Å². The second-order valence-electron chi connectivity index (χ2n) is 10.1. The fourth-order valence-electron chi connectivity index (χ4n) is 4.51. The third kappa shape index (κ3) is 4.45. The fraction of sp³-hybridized carbons (Fsp3) is 0.156. The van der Waals surface area contributed by atoms with Gasteiger partial charge in [0.2, 0.25) is 0 Å². The van der Waals surface area contributed by atoms with Crippen LogP contribution in [0, 0.1) is 0 Å². The Kier molecular flexibility index (Phi) is 6.00. The summed E-state index contributed by atoms with van der Waals surface area (Å²) in [5.41, 5.74) is 6.21. The van der Waals surface area contributed by atoms with Gasteiger partial charge < -0.3 is 10.2 Å². The molecule has 5 aromatic rings. The van der Waals surface area contributed by atoms with Crippen molar-refractivity contribution in [2.45, 2.75) is 33.1 Å². The number of aliphatic hydroxyl groups is 1. The Morgan fingerprint density at radius 2 is 1.46 bits per heavy atom. The van der Waals surface area contributed by atoms with Crippen LogP contribution in [0.4, 0.5) is 0 Å². The number of fused-ring (bicyclic) bond motifs is 3. The topological polar surface area (TPSA) is 79.1 Å². The first-order valence-electron chi connectivity index (χ1n) is 12.2. The van der Waals surface area contributed by atoms with Gasteiger partial charge in [-0.25, -0.2) is 9.97 Å². The molecule has 0 aliphatic rings. The first-order valence-corrected chi connectivity index (χ1v) is 12.2. The van der Waals surface area contributed by atoms with Crippen LogP contribution in [0.5, 0.6) is 5.75 Å². The van der Waals surface area contributed by atoms with Crippen LogP contribution in [0.25, 0.3) is 49.9 Å². The molecule has 0 spiro atoms. The maximum Gasteiger partial charge on any atom is 0.134 e. The molecule has 0 radical (unpaired) electrons. The zero-order chi connectivity index (χ0) is 26.3. The largest absolute Gasteiger partial charge is 0.508 e. The maximum atomic E-state index is 11.4. The van der Waals surface area contributed by atoms with Crippen LogP contribution in [-0.2, 0) is 5.41 Å². The molecular weight excluding hydrogens is 458 g/mol. The van der Waals surface area contributed by atoms with E-state index in [0.717, 1.165) is 21.9 Å². The van der Waals surface area contributed by atoms with E-state index in [1.807, 2.05) is 73.7 Å². The molecule has 0 fully saturated rings. The van der Waals surface area contributed by atoms with Gasteiger partial charge in [-0.2, -0.15) is 0 Å². The highest BCUT2D eigenvalue weighted by Gasteiger charge is 2.22. The first kappa shape index (κ1) is 24.2. The number of pyridine rings is 3. The number of aromatic nitrogens is 3. The Labute approximate surface area is 216 Å². The molecule has 5 heteroatoms. The van der Waals surface area contributed by atoms with Crippen molar-refractivity contribution in [3.05, 3.63) is 103 Å². The van der Waals surface area contributed by atoms with Crippen LogP contribution in [0.15, 0.2) is 91.3 Å². The third-order valence-electron chi connectivity index (χ3n) is 6.59. The molecule has 184 valence electrons. The SMILES string of the molecule is C=C(O)/C(=C\C)c1ccc2ccc3ccc(-c4cc(C(C)(C)C)cc(-c5ccccn5)c4O)nc3c2n1. The number of hydrogen-bond donors (Lipinski definition) is 2. The minimum Gasteiger partial charge on any atom is -0.508 e. The maximum absolute atomic E-state index is 11.4. The van der Waals surface area contributed by atoms with Crippen molar-refractivity contribution in [2.75, 3.05) is 0 Å². The summed E-state index contributed by atoms with van der Waals surface area (Å²) >= 11 is 0. The van der Waals surface area contributed by atoms with Gasteiger partial charge in [0.25, 0.3) is 0 Å². The number of benzene rings is 2. The average Bonchev–Trinajstić information content (AvgIpc) is 2.88.